The summed E-state index contributed by atoms with van der Waals surface area (Å²) in [5.74, 6) is 1.77. The van der Waals surface area contributed by atoms with Crippen LogP contribution in [0.25, 0.3) is 0 Å². The van der Waals surface area contributed by atoms with Crippen LogP contribution in [0.4, 0.5) is 0 Å². The maximum absolute atomic E-state index is 12.0. The SMILES string of the molecule is CCC(CC)c1cc(CNC(=NC)N(C)CC(=O)NC(C)(C)C)on1.I. The second-order valence-corrected chi connectivity index (χ2v) is 7.29. The van der Waals surface area contributed by atoms with Gasteiger partial charge in [0.05, 0.1) is 18.8 Å². The van der Waals surface area contributed by atoms with Crippen LogP contribution in [0.2, 0.25) is 0 Å². The summed E-state index contributed by atoms with van der Waals surface area (Å²) in [6.07, 6.45) is 2.09. The van der Waals surface area contributed by atoms with Crippen molar-refractivity contribution in [2.45, 2.75) is 65.5 Å². The molecule has 1 heterocycles. The molecule has 0 radical (unpaired) electrons. The smallest absolute Gasteiger partial charge is 0.240 e. The number of halogens is 1. The van der Waals surface area contributed by atoms with Crippen LogP contribution >= 0.6 is 24.0 Å². The van der Waals surface area contributed by atoms with E-state index < -0.39 is 0 Å². The number of aliphatic imine (C=N–C) groups is 1. The van der Waals surface area contributed by atoms with E-state index >= 15 is 0 Å². The van der Waals surface area contributed by atoms with Crippen LogP contribution in [0.3, 0.4) is 0 Å². The van der Waals surface area contributed by atoms with Gasteiger partial charge in [0.25, 0.3) is 0 Å². The van der Waals surface area contributed by atoms with E-state index in [2.05, 4.69) is 34.6 Å². The van der Waals surface area contributed by atoms with Gasteiger partial charge in [0.15, 0.2) is 11.7 Å². The Bertz CT molecular complexity index is 576. The Labute approximate surface area is 174 Å². The summed E-state index contributed by atoms with van der Waals surface area (Å²) in [5, 5.41) is 10.3. The standard InChI is InChI=1S/C18H33N5O2.HI/c1-8-13(9-2)15-10-14(25-22-15)11-20-17(19-6)23(7)12-16(24)21-18(3,4)5;/h10,13H,8-9,11-12H2,1-7H3,(H,19,20)(H,21,24);1H. The molecule has 0 aliphatic rings. The van der Waals surface area contributed by atoms with Crippen molar-refractivity contribution in [3.8, 4) is 0 Å². The number of amides is 1. The first kappa shape index (κ1) is 24.7. The number of nitrogens with one attached hydrogen (secondary N) is 2. The fourth-order valence-corrected chi connectivity index (χ4v) is 2.61. The second kappa shape index (κ2) is 11.4. The summed E-state index contributed by atoms with van der Waals surface area (Å²) >= 11 is 0. The number of hydrogen-bond donors (Lipinski definition) is 2. The van der Waals surface area contributed by atoms with Crippen LogP contribution in [-0.2, 0) is 11.3 Å². The summed E-state index contributed by atoms with van der Waals surface area (Å²) < 4.78 is 5.41. The molecule has 0 unspecified atom stereocenters. The lowest BCUT2D eigenvalue weighted by molar-refractivity contribution is -0.122. The van der Waals surface area contributed by atoms with Crippen molar-refractivity contribution in [2.75, 3.05) is 20.6 Å². The van der Waals surface area contributed by atoms with Gasteiger partial charge in [-0.1, -0.05) is 19.0 Å². The van der Waals surface area contributed by atoms with Gasteiger partial charge in [0.1, 0.15) is 0 Å². The predicted octanol–water partition coefficient (Wildman–Crippen LogP) is 3.12. The monoisotopic (exact) mass is 479 g/mol. The van der Waals surface area contributed by atoms with E-state index in [0.29, 0.717) is 18.4 Å². The molecule has 1 aromatic heterocycles. The fourth-order valence-electron chi connectivity index (χ4n) is 2.61. The minimum absolute atomic E-state index is 0. The maximum atomic E-state index is 12.0. The average Bonchev–Trinajstić information content (AvgIpc) is 2.96. The highest BCUT2D eigenvalue weighted by atomic mass is 127. The zero-order valence-corrected chi connectivity index (χ0v) is 19.4. The molecule has 0 atom stereocenters. The number of guanidine groups is 1. The third kappa shape index (κ3) is 8.37. The zero-order valence-electron chi connectivity index (χ0n) is 17.0. The summed E-state index contributed by atoms with van der Waals surface area (Å²) in [6.45, 7) is 10.9. The molecule has 1 aromatic rings. The number of carbonyl (C=O) groups excluding carboxylic acids is 1. The Morgan fingerprint density at radius 2 is 1.96 bits per heavy atom. The average molecular weight is 479 g/mol. The zero-order chi connectivity index (χ0) is 19.0. The largest absolute Gasteiger partial charge is 0.359 e. The van der Waals surface area contributed by atoms with E-state index in [-0.39, 0.29) is 42.0 Å². The lowest BCUT2D eigenvalue weighted by Crippen LogP contribution is -2.48. The Hall–Kier alpha value is -1.32. The molecule has 26 heavy (non-hydrogen) atoms. The van der Waals surface area contributed by atoms with Crippen molar-refractivity contribution >= 4 is 35.8 Å². The number of aromatic nitrogens is 1. The molecule has 0 aliphatic heterocycles. The first-order chi connectivity index (χ1) is 11.7. The Kier molecular flexibility index (Phi) is 10.8. The molecule has 0 aliphatic carbocycles. The van der Waals surface area contributed by atoms with Crippen molar-refractivity contribution in [3.63, 3.8) is 0 Å². The normalized spacial score (nSPS) is 11.9. The topological polar surface area (TPSA) is 82.8 Å². The van der Waals surface area contributed by atoms with E-state index in [9.17, 15) is 4.79 Å². The van der Waals surface area contributed by atoms with Crippen molar-refractivity contribution in [1.82, 2.24) is 20.7 Å². The molecule has 1 rings (SSSR count). The minimum Gasteiger partial charge on any atom is -0.359 e. The van der Waals surface area contributed by atoms with Crippen LogP contribution in [0, 0.1) is 0 Å². The molecule has 150 valence electrons. The van der Waals surface area contributed by atoms with Crippen molar-refractivity contribution in [2.24, 2.45) is 4.99 Å². The lowest BCUT2D eigenvalue weighted by Gasteiger charge is -2.25. The molecule has 2 N–H and O–H groups in total. The van der Waals surface area contributed by atoms with Gasteiger partial charge < -0.3 is 20.1 Å². The van der Waals surface area contributed by atoms with Gasteiger partial charge in [0.2, 0.25) is 5.91 Å². The van der Waals surface area contributed by atoms with E-state index in [1.165, 1.54) is 0 Å². The molecule has 8 heteroatoms. The summed E-state index contributed by atoms with van der Waals surface area (Å²) in [5.41, 5.74) is 0.745. The Balaban J connectivity index is 0.00000625. The molecule has 0 aromatic carbocycles. The summed E-state index contributed by atoms with van der Waals surface area (Å²) in [7, 11) is 3.52. The molecule has 7 nitrogen and oxygen atoms in total. The maximum Gasteiger partial charge on any atom is 0.240 e. The van der Waals surface area contributed by atoms with Crippen molar-refractivity contribution in [3.05, 3.63) is 17.5 Å². The number of hydrogen-bond acceptors (Lipinski definition) is 4. The highest BCUT2D eigenvalue weighted by molar-refractivity contribution is 14.0. The van der Waals surface area contributed by atoms with Crippen LogP contribution in [-0.4, -0.2) is 48.1 Å². The summed E-state index contributed by atoms with van der Waals surface area (Å²) in [6, 6.07) is 1.99. The fraction of sp³-hybridized carbons (Fsp3) is 0.722. The minimum atomic E-state index is -0.250. The van der Waals surface area contributed by atoms with Crippen molar-refractivity contribution in [1.29, 1.82) is 0 Å². The van der Waals surface area contributed by atoms with Gasteiger partial charge in [-0.25, -0.2) is 0 Å². The first-order valence-corrected chi connectivity index (χ1v) is 8.88. The Morgan fingerprint density at radius 3 is 2.46 bits per heavy atom. The lowest BCUT2D eigenvalue weighted by atomic mass is 9.99. The molecule has 1 amide bonds. The molecule has 0 saturated heterocycles. The van der Waals surface area contributed by atoms with Gasteiger partial charge in [-0.05, 0) is 33.6 Å². The number of carbonyl (C=O) groups is 1. The summed E-state index contributed by atoms with van der Waals surface area (Å²) in [4.78, 5) is 18.0. The van der Waals surface area contributed by atoms with E-state index in [0.717, 1.165) is 24.3 Å². The third-order valence-corrected chi connectivity index (χ3v) is 3.87. The van der Waals surface area contributed by atoms with E-state index in [1.807, 2.05) is 33.9 Å². The molecule has 0 bridgehead atoms. The molecule has 0 fully saturated rings. The number of nitrogens with zero attached hydrogens (tertiary/aromatic N) is 3. The predicted molar refractivity (Wildman–Crippen MR) is 116 cm³/mol. The first-order valence-electron chi connectivity index (χ1n) is 8.88. The van der Waals surface area contributed by atoms with Crippen LogP contribution in [0.5, 0.6) is 0 Å². The van der Waals surface area contributed by atoms with Gasteiger partial charge in [-0.3, -0.25) is 9.79 Å². The van der Waals surface area contributed by atoms with E-state index in [1.54, 1.807) is 11.9 Å². The third-order valence-electron chi connectivity index (χ3n) is 3.87. The number of rotatable bonds is 7. The molecular weight excluding hydrogens is 445 g/mol. The van der Waals surface area contributed by atoms with Gasteiger partial charge in [-0.2, -0.15) is 0 Å². The van der Waals surface area contributed by atoms with Crippen LogP contribution in [0.15, 0.2) is 15.6 Å². The molecule has 0 saturated carbocycles. The molecular formula is C18H34IN5O2. The molecule has 0 spiro atoms. The highest BCUT2D eigenvalue weighted by Crippen LogP contribution is 2.22. The van der Waals surface area contributed by atoms with Crippen LogP contribution < -0.4 is 10.6 Å². The second-order valence-electron chi connectivity index (χ2n) is 7.29. The Morgan fingerprint density at radius 1 is 1.35 bits per heavy atom. The number of likely N-dealkylation sites (N-methyl/N-ethyl adjacent to an activating group) is 1. The van der Waals surface area contributed by atoms with Crippen LogP contribution in [0.1, 0.15) is 64.8 Å². The van der Waals surface area contributed by atoms with Gasteiger partial charge in [0, 0.05) is 31.6 Å². The van der Waals surface area contributed by atoms with E-state index in [4.69, 9.17) is 4.52 Å². The highest BCUT2D eigenvalue weighted by Gasteiger charge is 2.17. The van der Waals surface area contributed by atoms with Gasteiger partial charge >= 0.3 is 0 Å². The van der Waals surface area contributed by atoms with Gasteiger partial charge in [-0.15, -0.1) is 24.0 Å². The van der Waals surface area contributed by atoms with Crippen molar-refractivity contribution < 1.29 is 9.32 Å². The quantitative estimate of drug-likeness (QED) is 0.357.